The number of likely N-dealkylation sites (tertiary alicyclic amines) is 1. The molecule has 0 aromatic carbocycles. The molecule has 4 heterocycles. The Morgan fingerprint density at radius 1 is 1.07 bits per heavy atom. The van der Waals surface area contributed by atoms with E-state index in [1.807, 2.05) is 0 Å². The molecule has 0 spiro atoms. The monoisotopic (exact) mass is 205 g/mol. The molecule has 1 atom stereocenters. The molecule has 0 amide bonds. The summed E-state index contributed by atoms with van der Waals surface area (Å²) >= 11 is 0. The van der Waals surface area contributed by atoms with Crippen LogP contribution in [0.5, 0.6) is 0 Å². The molecule has 4 fully saturated rings. The first-order valence-electron chi connectivity index (χ1n) is 6.24. The summed E-state index contributed by atoms with van der Waals surface area (Å²) in [5.74, 6) is 0.644. The normalized spacial score (nSPS) is 45.5. The standard InChI is InChI=1S/C12H19N3/c13-9-12(15-5-1-2-6-15)10-14-7-3-11(12)4-8-14/h11H,1-8,10H2. The lowest BCUT2D eigenvalue weighted by Gasteiger charge is -2.53. The average Bonchev–Trinajstić information content (AvgIpc) is 2.84. The molecule has 0 aromatic heterocycles. The van der Waals surface area contributed by atoms with E-state index in [-0.39, 0.29) is 5.54 Å². The number of hydrogen-bond donors (Lipinski definition) is 0. The Labute approximate surface area is 91.6 Å². The van der Waals surface area contributed by atoms with Crippen molar-refractivity contribution in [2.45, 2.75) is 31.2 Å². The summed E-state index contributed by atoms with van der Waals surface area (Å²) in [6.45, 7) is 5.76. The molecule has 3 nitrogen and oxygen atoms in total. The van der Waals surface area contributed by atoms with Crippen LogP contribution in [0.25, 0.3) is 0 Å². The molecule has 0 aromatic rings. The van der Waals surface area contributed by atoms with Crippen molar-refractivity contribution in [1.29, 1.82) is 5.26 Å². The minimum Gasteiger partial charge on any atom is -0.300 e. The Morgan fingerprint density at radius 2 is 1.73 bits per heavy atom. The fraction of sp³-hybridized carbons (Fsp3) is 0.917. The van der Waals surface area contributed by atoms with Crippen LogP contribution in [0.4, 0.5) is 0 Å². The molecule has 0 N–H and O–H groups in total. The first-order valence-corrected chi connectivity index (χ1v) is 6.24. The number of piperidine rings is 3. The van der Waals surface area contributed by atoms with E-state index in [0.717, 1.165) is 19.6 Å². The maximum Gasteiger partial charge on any atom is 0.124 e. The third-order valence-electron chi connectivity index (χ3n) is 4.59. The van der Waals surface area contributed by atoms with E-state index in [4.69, 9.17) is 0 Å². The van der Waals surface area contributed by atoms with Gasteiger partial charge in [-0.15, -0.1) is 0 Å². The lowest BCUT2D eigenvalue weighted by molar-refractivity contribution is -0.0281. The van der Waals surface area contributed by atoms with Crippen LogP contribution in [0.15, 0.2) is 0 Å². The first-order chi connectivity index (χ1) is 7.35. The molecule has 0 radical (unpaired) electrons. The van der Waals surface area contributed by atoms with Gasteiger partial charge in [-0.1, -0.05) is 0 Å². The van der Waals surface area contributed by atoms with Crippen molar-refractivity contribution < 1.29 is 0 Å². The molecular weight excluding hydrogens is 186 g/mol. The molecule has 4 aliphatic heterocycles. The van der Waals surface area contributed by atoms with Crippen molar-refractivity contribution in [2.75, 3.05) is 32.7 Å². The van der Waals surface area contributed by atoms with Gasteiger partial charge in [-0.2, -0.15) is 5.26 Å². The number of rotatable bonds is 1. The van der Waals surface area contributed by atoms with Crippen molar-refractivity contribution >= 4 is 0 Å². The van der Waals surface area contributed by atoms with E-state index in [9.17, 15) is 5.26 Å². The van der Waals surface area contributed by atoms with Crippen LogP contribution >= 0.6 is 0 Å². The number of fused-ring (bicyclic) bond motifs is 3. The summed E-state index contributed by atoms with van der Waals surface area (Å²) < 4.78 is 0. The van der Waals surface area contributed by atoms with Gasteiger partial charge in [0.05, 0.1) is 6.07 Å². The molecule has 4 saturated heterocycles. The number of hydrogen-bond acceptors (Lipinski definition) is 3. The zero-order valence-corrected chi connectivity index (χ0v) is 9.28. The Balaban J connectivity index is 1.89. The van der Waals surface area contributed by atoms with E-state index < -0.39 is 0 Å². The smallest absolute Gasteiger partial charge is 0.124 e. The van der Waals surface area contributed by atoms with Gasteiger partial charge >= 0.3 is 0 Å². The topological polar surface area (TPSA) is 30.3 Å². The second kappa shape index (κ2) is 3.47. The van der Waals surface area contributed by atoms with Gasteiger partial charge in [0.2, 0.25) is 0 Å². The van der Waals surface area contributed by atoms with E-state index >= 15 is 0 Å². The molecule has 3 heteroatoms. The second-order valence-corrected chi connectivity index (χ2v) is 5.28. The Hall–Kier alpha value is -0.590. The third kappa shape index (κ3) is 1.32. The lowest BCUT2D eigenvalue weighted by Crippen LogP contribution is -2.65. The highest BCUT2D eigenvalue weighted by atomic mass is 15.3. The Bertz CT molecular complexity index is 278. The lowest BCUT2D eigenvalue weighted by atomic mass is 9.72. The molecule has 1 unspecified atom stereocenters. The number of nitriles is 1. The van der Waals surface area contributed by atoms with Crippen molar-refractivity contribution in [1.82, 2.24) is 9.80 Å². The Morgan fingerprint density at radius 3 is 2.20 bits per heavy atom. The van der Waals surface area contributed by atoms with Crippen LogP contribution in [0.3, 0.4) is 0 Å². The highest BCUT2D eigenvalue weighted by Crippen LogP contribution is 2.40. The minimum absolute atomic E-state index is 0.118. The second-order valence-electron chi connectivity index (χ2n) is 5.28. The molecule has 2 bridgehead atoms. The van der Waals surface area contributed by atoms with Crippen LogP contribution in [0.2, 0.25) is 0 Å². The largest absolute Gasteiger partial charge is 0.300 e. The van der Waals surface area contributed by atoms with Crippen LogP contribution in [-0.2, 0) is 0 Å². The highest BCUT2D eigenvalue weighted by molar-refractivity contribution is 5.18. The molecule has 82 valence electrons. The third-order valence-corrected chi connectivity index (χ3v) is 4.59. The highest BCUT2D eigenvalue weighted by Gasteiger charge is 2.51. The molecule has 0 saturated carbocycles. The van der Waals surface area contributed by atoms with Gasteiger partial charge in [-0.25, -0.2) is 0 Å². The van der Waals surface area contributed by atoms with E-state index in [0.29, 0.717) is 5.92 Å². The summed E-state index contributed by atoms with van der Waals surface area (Å²) in [5.41, 5.74) is -0.118. The van der Waals surface area contributed by atoms with Crippen molar-refractivity contribution in [3.63, 3.8) is 0 Å². The molecule has 4 rings (SSSR count). The van der Waals surface area contributed by atoms with E-state index in [1.165, 1.54) is 38.8 Å². The summed E-state index contributed by atoms with van der Waals surface area (Å²) in [6.07, 6.45) is 5.06. The van der Waals surface area contributed by atoms with Crippen molar-refractivity contribution in [2.24, 2.45) is 5.92 Å². The summed E-state index contributed by atoms with van der Waals surface area (Å²) in [4.78, 5) is 4.96. The summed E-state index contributed by atoms with van der Waals surface area (Å²) in [5, 5.41) is 9.61. The van der Waals surface area contributed by atoms with Gasteiger partial charge in [0.1, 0.15) is 5.54 Å². The van der Waals surface area contributed by atoms with Crippen molar-refractivity contribution in [3.05, 3.63) is 0 Å². The molecule has 4 aliphatic rings. The van der Waals surface area contributed by atoms with Gasteiger partial charge in [0.15, 0.2) is 0 Å². The van der Waals surface area contributed by atoms with Gasteiger partial charge in [-0.05, 0) is 57.8 Å². The Kier molecular flexibility index (Phi) is 2.22. The predicted molar refractivity (Wildman–Crippen MR) is 58.3 cm³/mol. The maximum atomic E-state index is 9.61. The van der Waals surface area contributed by atoms with Crippen LogP contribution < -0.4 is 0 Å². The van der Waals surface area contributed by atoms with E-state index in [1.54, 1.807) is 0 Å². The maximum absolute atomic E-state index is 9.61. The van der Waals surface area contributed by atoms with Crippen LogP contribution in [0, 0.1) is 17.2 Å². The summed E-state index contributed by atoms with van der Waals surface area (Å²) in [6, 6.07) is 2.68. The van der Waals surface area contributed by atoms with Gasteiger partial charge in [0.25, 0.3) is 0 Å². The van der Waals surface area contributed by atoms with E-state index in [2.05, 4.69) is 15.9 Å². The number of nitrogens with zero attached hydrogens (tertiary/aromatic N) is 3. The molecular formula is C12H19N3. The first kappa shape index (κ1) is 9.62. The minimum atomic E-state index is -0.118. The van der Waals surface area contributed by atoms with Crippen molar-refractivity contribution in [3.8, 4) is 6.07 Å². The quantitative estimate of drug-likeness (QED) is 0.641. The molecule has 15 heavy (non-hydrogen) atoms. The average molecular weight is 205 g/mol. The zero-order valence-electron chi connectivity index (χ0n) is 9.28. The van der Waals surface area contributed by atoms with Gasteiger partial charge < -0.3 is 4.90 Å². The summed E-state index contributed by atoms with van der Waals surface area (Å²) in [7, 11) is 0. The van der Waals surface area contributed by atoms with Crippen LogP contribution in [-0.4, -0.2) is 48.1 Å². The van der Waals surface area contributed by atoms with Crippen LogP contribution in [0.1, 0.15) is 25.7 Å². The SMILES string of the molecule is N#CC1(N2CCCC2)CN2CCC1CC2. The van der Waals surface area contributed by atoms with Gasteiger partial charge in [-0.3, -0.25) is 4.90 Å². The predicted octanol–water partition coefficient (Wildman–Crippen LogP) is 1.07. The fourth-order valence-electron chi connectivity index (χ4n) is 3.71. The molecule has 0 aliphatic carbocycles. The fourth-order valence-corrected chi connectivity index (χ4v) is 3.71. The van der Waals surface area contributed by atoms with Gasteiger partial charge in [0, 0.05) is 6.54 Å². The zero-order chi connectivity index (χ0) is 10.3.